The monoisotopic (exact) mass is 390 g/mol. The fraction of sp³-hybridized carbons (Fsp3) is 0.353. The van der Waals surface area contributed by atoms with Gasteiger partial charge in [0.15, 0.2) is 11.5 Å². The van der Waals surface area contributed by atoms with E-state index in [9.17, 15) is 13.2 Å². The Kier molecular flexibility index (Phi) is 5.29. The molecule has 0 spiro atoms. The van der Waals surface area contributed by atoms with Gasteiger partial charge < -0.3 is 9.88 Å². The number of pyridine rings is 1. The van der Waals surface area contributed by atoms with Crippen molar-refractivity contribution in [3.8, 4) is 0 Å². The second-order valence-corrected chi connectivity index (χ2v) is 7.93. The minimum absolute atomic E-state index is 0.103. The molecule has 0 atom stereocenters. The maximum atomic E-state index is 12.6. The van der Waals surface area contributed by atoms with Crippen LogP contribution in [0.2, 0.25) is 0 Å². The maximum absolute atomic E-state index is 12.6. The normalized spacial score (nSPS) is 12.0. The van der Waals surface area contributed by atoms with Crippen LogP contribution in [0.5, 0.6) is 0 Å². The number of nitrogens with one attached hydrogen (secondary N) is 1. The summed E-state index contributed by atoms with van der Waals surface area (Å²) in [4.78, 5) is 12.7. The standard InChI is InChI=1S/C17H22N6O3S/c1-4-22(5-2)27(25,26)13-10-14(21(3)12-13)17(24)18-11-16-20-19-15-8-6-7-9-23(15)16/h6-10,12H,4-5,11H2,1-3H3,(H,18,24). The van der Waals surface area contributed by atoms with Gasteiger partial charge in [0, 0.05) is 32.5 Å². The number of fused-ring (bicyclic) bond motifs is 1. The van der Waals surface area contributed by atoms with E-state index in [1.54, 1.807) is 25.3 Å². The molecule has 0 aliphatic heterocycles. The Bertz CT molecular complexity index is 1070. The van der Waals surface area contributed by atoms with Crippen LogP contribution in [-0.2, 0) is 23.6 Å². The van der Waals surface area contributed by atoms with E-state index in [0.29, 0.717) is 24.6 Å². The predicted octanol–water partition coefficient (Wildman–Crippen LogP) is 1.03. The summed E-state index contributed by atoms with van der Waals surface area (Å²) >= 11 is 0. The molecule has 3 rings (SSSR count). The molecule has 27 heavy (non-hydrogen) atoms. The van der Waals surface area contributed by atoms with Gasteiger partial charge in [0.25, 0.3) is 5.91 Å². The van der Waals surface area contributed by atoms with Gasteiger partial charge in [0.1, 0.15) is 10.6 Å². The Balaban J connectivity index is 1.79. The molecule has 3 aromatic rings. The zero-order valence-corrected chi connectivity index (χ0v) is 16.3. The van der Waals surface area contributed by atoms with Crippen molar-refractivity contribution in [2.45, 2.75) is 25.3 Å². The van der Waals surface area contributed by atoms with Crippen LogP contribution in [0.3, 0.4) is 0 Å². The van der Waals surface area contributed by atoms with E-state index >= 15 is 0 Å². The number of nitrogens with zero attached hydrogens (tertiary/aromatic N) is 5. The molecule has 1 N–H and O–H groups in total. The summed E-state index contributed by atoms with van der Waals surface area (Å²) in [5.74, 6) is 0.204. The maximum Gasteiger partial charge on any atom is 0.268 e. The number of sulfonamides is 1. The summed E-state index contributed by atoms with van der Waals surface area (Å²) in [7, 11) is -1.98. The number of carbonyl (C=O) groups excluding carboxylic acids is 1. The highest BCUT2D eigenvalue weighted by Gasteiger charge is 2.25. The minimum Gasteiger partial charge on any atom is -0.345 e. The van der Waals surface area contributed by atoms with Crippen LogP contribution in [0.25, 0.3) is 5.65 Å². The molecule has 0 aliphatic rings. The van der Waals surface area contributed by atoms with Crippen molar-refractivity contribution >= 4 is 21.6 Å². The van der Waals surface area contributed by atoms with Crippen LogP contribution in [0.4, 0.5) is 0 Å². The summed E-state index contributed by atoms with van der Waals surface area (Å²) in [6.45, 7) is 4.47. The molecule has 0 aromatic carbocycles. The Morgan fingerprint density at radius 3 is 2.67 bits per heavy atom. The first-order chi connectivity index (χ1) is 12.9. The fourth-order valence-electron chi connectivity index (χ4n) is 2.87. The van der Waals surface area contributed by atoms with E-state index in [2.05, 4.69) is 15.5 Å². The molecule has 0 fully saturated rings. The zero-order chi connectivity index (χ0) is 19.6. The van der Waals surface area contributed by atoms with Crippen molar-refractivity contribution in [3.63, 3.8) is 0 Å². The van der Waals surface area contributed by atoms with Crippen molar-refractivity contribution < 1.29 is 13.2 Å². The van der Waals surface area contributed by atoms with Gasteiger partial charge in [0.05, 0.1) is 6.54 Å². The molecule has 0 radical (unpaired) electrons. The lowest BCUT2D eigenvalue weighted by molar-refractivity contribution is 0.0941. The zero-order valence-electron chi connectivity index (χ0n) is 15.5. The largest absolute Gasteiger partial charge is 0.345 e. The topological polar surface area (TPSA) is 102 Å². The molecule has 10 heteroatoms. The minimum atomic E-state index is -3.62. The van der Waals surface area contributed by atoms with Crippen LogP contribution >= 0.6 is 0 Å². The SMILES string of the molecule is CCN(CC)S(=O)(=O)c1cc(C(=O)NCc2nnc3ccccn23)n(C)c1. The number of aromatic nitrogens is 4. The predicted molar refractivity (Wildman–Crippen MR) is 99.7 cm³/mol. The molecule has 0 saturated heterocycles. The lowest BCUT2D eigenvalue weighted by Gasteiger charge is -2.17. The van der Waals surface area contributed by atoms with Gasteiger partial charge in [-0.2, -0.15) is 4.31 Å². The van der Waals surface area contributed by atoms with Gasteiger partial charge in [0.2, 0.25) is 10.0 Å². The number of aryl methyl sites for hydroxylation is 1. The average molecular weight is 390 g/mol. The second-order valence-electron chi connectivity index (χ2n) is 5.99. The fourth-order valence-corrected chi connectivity index (χ4v) is 4.40. The third-order valence-electron chi connectivity index (χ3n) is 4.35. The van der Waals surface area contributed by atoms with Gasteiger partial charge in [-0.05, 0) is 18.2 Å². The third kappa shape index (κ3) is 3.58. The summed E-state index contributed by atoms with van der Waals surface area (Å²) in [5.41, 5.74) is 0.947. The summed E-state index contributed by atoms with van der Waals surface area (Å²) in [5, 5.41) is 10.9. The highest BCUT2D eigenvalue weighted by molar-refractivity contribution is 7.89. The third-order valence-corrected chi connectivity index (χ3v) is 6.36. The summed E-state index contributed by atoms with van der Waals surface area (Å²) in [6.07, 6.45) is 3.27. The summed E-state index contributed by atoms with van der Waals surface area (Å²) < 4.78 is 29.9. The van der Waals surface area contributed by atoms with Crippen LogP contribution in [-0.4, -0.2) is 50.9 Å². The number of amides is 1. The quantitative estimate of drug-likeness (QED) is 0.649. The van der Waals surface area contributed by atoms with E-state index in [-0.39, 0.29) is 23.0 Å². The van der Waals surface area contributed by atoms with Crippen LogP contribution in [0, 0.1) is 0 Å². The van der Waals surface area contributed by atoms with E-state index in [0.717, 1.165) is 0 Å². The van der Waals surface area contributed by atoms with Crippen molar-refractivity contribution in [1.29, 1.82) is 0 Å². The van der Waals surface area contributed by atoms with Crippen molar-refractivity contribution in [3.05, 3.63) is 48.2 Å². The van der Waals surface area contributed by atoms with Gasteiger partial charge in [-0.3, -0.25) is 9.20 Å². The number of hydrogen-bond donors (Lipinski definition) is 1. The number of carbonyl (C=O) groups is 1. The van der Waals surface area contributed by atoms with Gasteiger partial charge in [-0.1, -0.05) is 19.9 Å². The van der Waals surface area contributed by atoms with E-state index in [1.165, 1.54) is 21.1 Å². The Morgan fingerprint density at radius 2 is 1.96 bits per heavy atom. The lowest BCUT2D eigenvalue weighted by Crippen LogP contribution is -2.30. The van der Waals surface area contributed by atoms with E-state index in [4.69, 9.17) is 0 Å². The molecular formula is C17H22N6O3S. The molecule has 0 unspecified atom stereocenters. The first kappa shape index (κ1) is 19.1. The molecule has 1 amide bonds. The van der Waals surface area contributed by atoms with Crippen LogP contribution in [0.1, 0.15) is 30.2 Å². The van der Waals surface area contributed by atoms with Crippen LogP contribution in [0.15, 0.2) is 41.6 Å². The lowest BCUT2D eigenvalue weighted by atomic mass is 10.4. The van der Waals surface area contributed by atoms with Crippen molar-refractivity contribution in [2.24, 2.45) is 7.05 Å². The Labute approximate surface area is 157 Å². The van der Waals surface area contributed by atoms with Crippen molar-refractivity contribution in [2.75, 3.05) is 13.1 Å². The van der Waals surface area contributed by atoms with E-state index < -0.39 is 10.0 Å². The Morgan fingerprint density at radius 1 is 1.22 bits per heavy atom. The highest BCUT2D eigenvalue weighted by atomic mass is 32.2. The Hall–Kier alpha value is -2.72. The first-order valence-corrected chi connectivity index (χ1v) is 10.1. The smallest absolute Gasteiger partial charge is 0.268 e. The second kappa shape index (κ2) is 7.49. The summed E-state index contributed by atoms with van der Waals surface area (Å²) in [6, 6.07) is 6.92. The van der Waals surface area contributed by atoms with Crippen molar-refractivity contribution in [1.82, 2.24) is 28.8 Å². The van der Waals surface area contributed by atoms with Crippen LogP contribution < -0.4 is 5.32 Å². The molecule has 0 aliphatic carbocycles. The van der Waals surface area contributed by atoms with Gasteiger partial charge in [-0.25, -0.2) is 8.42 Å². The molecule has 9 nitrogen and oxygen atoms in total. The molecule has 144 valence electrons. The molecule has 0 saturated carbocycles. The van der Waals surface area contributed by atoms with E-state index in [1.807, 2.05) is 24.4 Å². The van der Waals surface area contributed by atoms with Gasteiger partial charge >= 0.3 is 0 Å². The number of hydrogen-bond acceptors (Lipinski definition) is 5. The van der Waals surface area contributed by atoms with Gasteiger partial charge in [-0.15, -0.1) is 10.2 Å². The average Bonchev–Trinajstić information content (AvgIpc) is 3.24. The number of rotatable bonds is 7. The molecule has 3 heterocycles. The molecule has 0 bridgehead atoms. The highest BCUT2D eigenvalue weighted by Crippen LogP contribution is 2.18. The first-order valence-electron chi connectivity index (χ1n) is 8.61. The molecular weight excluding hydrogens is 368 g/mol. The molecule has 3 aromatic heterocycles.